The minimum absolute atomic E-state index is 0.0796. The van der Waals surface area contributed by atoms with Crippen LogP contribution in [0.15, 0.2) is 71.6 Å². The van der Waals surface area contributed by atoms with Gasteiger partial charge in [-0.05, 0) is 61.0 Å². The quantitative estimate of drug-likeness (QED) is 0.557. The molecule has 0 spiro atoms. The Morgan fingerprint density at radius 2 is 1.62 bits per heavy atom. The van der Waals surface area contributed by atoms with Gasteiger partial charge in [-0.2, -0.15) is 0 Å². The number of fused-ring (bicyclic) bond motifs is 1. The topological polar surface area (TPSA) is 55.8 Å². The van der Waals surface area contributed by atoms with Crippen LogP contribution in [-0.4, -0.2) is 15.2 Å². The molecule has 0 unspecified atom stereocenters. The van der Waals surface area contributed by atoms with Crippen LogP contribution in [0.3, 0.4) is 0 Å². The van der Waals surface area contributed by atoms with Crippen molar-refractivity contribution in [1.29, 1.82) is 0 Å². The number of halogens is 2. The smallest absolute Gasteiger partial charge is 0.264 e. The van der Waals surface area contributed by atoms with Gasteiger partial charge in [0, 0.05) is 11.1 Å². The summed E-state index contributed by atoms with van der Waals surface area (Å²) in [5.74, 6) is 0.619. The van der Waals surface area contributed by atoms with E-state index in [9.17, 15) is 12.8 Å². The Labute approximate surface area is 173 Å². The van der Waals surface area contributed by atoms with Crippen molar-refractivity contribution < 1.29 is 22.3 Å². The third-order valence-electron chi connectivity index (χ3n) is 4.69. The Bertz CT molecular complexity index is 1130. The Kier molecular flexibility index (Phi) is 5.10. The summed E-state index contributed by atoms with van der Waals surface area (Å²) in [5, 5.41) is 0.435. The highest BCUT2D eigenvalue weighted by atomic mass is 35.5. The fourth-order valence-electron chi connectivity index (χ4n) is 3.19. The van der Waals surface area contributed by atoms with E-state index in [1.54, 1.807) is 37.3 Å². The number of sulfonamides is 1. The number of rotatable bonds is 5. The molecule has 3 aromatic rings. The van der Waals surface area contributed by atoms with Crippen molar-refractivity contribution in [3.8, 4) is 11.5 Å². The van der Waals surface area contributed by atoms with Crippen molar-refractivity contribution in [2.24, 2.45) is 0 Å². The van der Waals surface area contributed by atoms with E-state index in [1.165, 1.54) is 40.7 Å². The maximum atomic E-state index is 13.6. The first-order chi connectivity index (χ1) is 13.9. The minimum atomic E-state index is -3.96. The second-order valence-electron chi connectivity index (χ2n) is 6.52. The maximum absolute atomic E-state index is 13.6. The van der Waals surface area contributed by atoms with E-state index >= 15 is 0 Å². The van der Waals surface area contributed by atoms with Crippen LogP contribution < -0.4 is 13.8 Å². The summed E-state index contributed by atoms with van der Waals surface area (Å²) in [6.45, 7) is 1.82. The van der Waals surface area contributed by atoms with Gasteiger partial charge in [-0.1, -0.05) is 23.7 Å². The largest absolute Gasteiger partial charge is 0.454 e. The normalized spacial score (nSPS) is 13.9. The van der Waals surface area contributed by atoms with E-state index in [0.29, 0.717) is 27.8 Å². The summed E-state index contributed by atoms with van der Waals surface area (Å²) < 4.78 is 52.5. The van der Waals surface area contributed by atoms with E-state index in [1.807, 2.05) is 0 Å². The highest BCUT2D eigenvalue weighted by molar-refractivity contribution is 7.92. The molecule has 150 valence electrons. The van der Waals surface area contributed by atoms with Crippen LogP contribution in [-0.2, 0) is 10.0 Å². The van der Waals surface area contributed by atoms with Crippen LogP contribution in [0.25, 0.3) is 0 Å². The molecule has 0 amide bonds. The molecule has 0 fully saturated rings. The molecule has 0 N–H and O–H groups in total. The number of hydrogen-bond acceptors (Lipinski definition) is 4. The molecule has 0 bridgehead atoms. The predicted octanol–water partition coefficient (Wildman–Crippen LogP) is 5.16. The maximum Gasteiger partial charge on any atom is 0.264 e. The van der Waals surface area contributed by atoms with Gasteiger partial charge in [0.25, 0.3) is 10.0 Å². The van der Waals surface area contributed by atoms with Crippen LogP contribution in [0.4, 0.5) is 10.1 Å². The van der Waals surface area contributed by atoms with Gasteiger partial charge in [0.15, 0.2) is 11.5 Å². The van der Waals surface area contributed by atoms with Gasteiger partial charge < -0.3 is 9.47 Å². The van der Waals surface area contributed by atoms with Crippen LogP contribution in [0.1, 0.15) is 18.5 Å². The molecule has 5 nitrogen and oxygen atoms in total. The zero-order valence-corrected chi connectivity index (χ0v) is 17.0. The lowest BCUT2D eigenvalue weighted by molar-refractivity contribution is 0.174. The zero-order chi connectivity index (χ0) is 20.6. The fourth-order valence-corrected chi connectivity index (χ4v) is 4.95. The molecule has 1 aliphatic rings. The molecule has 8 heteroatoms. The summed E-state index contributed by atoms with van der Waals surface area (Å²) in [5.41, 5.74) is 1.04. The molecule has 0 radical (unpaired) electrons. The molecule has 0 saturated carbocycles. The lowest BCUT2D eigenvalue weighted by atomic mass is 10.1. The van der Waals surface area contributed by atoms with Crippen LogP contribution in [0.5, 0.6) is 11.5 Å². The van der Waals surface area contributed by atoms with Gasteiger partial charge in [0.05, 0.1) is 16.6 Å². The average molecular weight is 434 g/mol. The first-order valence-corrected chi connectivity index (χ1v) is 10.6. The van der Waals surface area contributed by atoms with Crippen LogP contribution in [0.2, 0.25) is 5.02 Å². The van der Waals surface area contributed by atoms with Crippen molar-refractivity contribution >= 4 is 27.3 Å². The Morgan fingerprint density at radius 1 is 0.966 bits per heavy atom. The predicted molar refractivity (Wildman–Crippen MR) is 108 cm³/mol. The molecule has 29 heavy (non-hydrogen) atoms. The number of anilines is 1. The molecule has 0 aliphatic carbocycles. The molecule has 1 heterocycles. The molecular weight excluding hydrogens is 417 g/mol. The molecule has 4 rings (SSSR count). The minimum Gasteiger partial charge on any atom is -0.454 e. The van der Waals surface area contributed by atoms with Gasteiger partial charge in [-0.3, -0.25) is 4.31 Å². The van der Waals surface area contributed by atoms with E-state index in [4.69, 9.17) is 21.1 Å². The summed E-state index contributed by atoms with van der Waals surface area (Å²) in [4.78, 5) is 0.0912. The first-order valence-electron chi connectivity index (χ1n) is 8.81. The van der Waals surface area contributed by atoms with E-state index in [-0.39, 0.29) is 11.7 Å². The number of ether oxygens (including phenoxy) is 2. The highest BCUT2D eigenvalue weighted by Crippen LogP contribution is 2.40. The van der Waals surface area contributed by atoms with E-state index in [0.717, 1.165) is 0 Å². The van der Waals surface area contributed by atoms with Crippen molar-refractivity contribution in [3.63, 3.8) is 0 Å². The number of benzene rings is 3. The third kappa shape index (κ3) is 3.75. The Hall–Kier alpha value is -2.77. The van der Waals surface area contributed by atoms with Crippen LogP contribution >= 0.6 is 11.6 Å². The number of nitrogens with zero attached hydrogens (tertiary/aromatic N) is 1. The fraction of sp³-hybridized carbons (Fsp3) is 0.143. The van der Waals surface area contributed by atoms with Gasteiger partial charge in [-0.15, -0.1) is 0 Å². The Balaban J connectivity index is 1.84. The standard InChI is InChI=1S/C21H17ClFNO4S/c1-14(15-2-6-17(23)7-3-15)24(18-8-11-20-21(12-18)28-13-27-20)29(25,26)19-9-4-16(22)5-10-19/h2-12,14H,13H2,1H3/t14-/m1/s1. The van der Waals surface area contributed by atoms with Gasteiger partial charge in [-0.25, -0.2) is 12.8 Å². The summed E-state index contributed by atoms with van der Waals surface area (Å²) in [7, 11) is -3.96. The Morgan fingerprint density at radius 3 is 2.31 bits per heavy atom. The second-order valence-corrected chi connectivity index (χ2v) is 8.77. The van der Waals surface area contributed by atoms with E-state index in [2.05, 4.69) is 0 Å². The SMILES string of the molecule is C[C@H](c1ccc(F)cc1)N(c1ccc2c(c1)OCO2)S(=O)(=O)c1ccc(Cl)cc1. The van der Waals surface area contributed by atoms with Gasteiger partial charge in [0.2, 0.25) is 6.79 Å². The average Bonchev–Trinajstić information content (AvgIpc) is 3.16. The van der Waals surface area contributed by atoms with E-state index < -0.39 is 21.9 Å². The van der Waals surface area contributed by atoms with Gasteiger partial charge in [0.1, 0.15) is 5.82 Å². The van der Waals surface area contributed by atoms with Crippen LogP contribution in [0, 0.1) is 5.82 Å². The summed E-state index contributed by atoms with van der Waals surface area (Å²) >= 11 is 5.92. The second kappa shape index (κ2) is 7.57. The monoisotopic (exact) mass is 433 g/mol. The third-order valence-corrected chi connectivity index (χ3v) is 6.85. The zero-order valence-electron chi connectivity index (χ0n) is 15.4. The van der Waals surface area contributed by atoms with Crippen molar-refractivity contribution in [1.82, 2.24) is 0 Å². The summed E-state index contributed by atoms with van der Waals surface area (Å²) in [6, 6.07) is 16.0. The lowest BCUT2D eigenvalue weighted by Crippen LogP contribution is -2.33. The molecular formula is C21H17ClFNO4S. The molecule has 0 saturated heterocycles. The molecule has 1 aliphatic heterocycles. The summed E-state index contributed by atoms with van der Waals surface area (Å²) in [6.07, 6.45) is 0. The molecule has 1 atom stereocenters. The van der Waals surface area contributed by atoms with Crippen molar-refractivity contribution in [3.05, 3.63) is 83.1 Å². The first kappa shape index (κ1) is 19.5. The van der Waals surface area contributed by atoms with Crippen molar-refractivity contribution in [2.75, 3.05) is 11.1 Å². The lowest BCUT2D eigenvalue weighted by Gasteiger charge is -2.31. The molecule has 3 aromatic carbocycles. The van der Waals surface area contributed by atoms with Gasteiger partial charge >= 0.3 is 0 Å². The highest BCUT2D eigenvalue weighted by Gasteiger charge is 2.31. The number of hydrogen-bond donors (Lipinski definition) is 0. The molecule has 0 aromatic heterocycles. The van der Waals surface area contributed by atoms with Crippen molar-refractivity contribution in [2.45, 2.75) is 17.9 Å².